The normalized spacial score (nSPS) is 11.0. The molecule has 1 N–H and O–H groups in total. The van der Waals surface area contributed by atoms with Crippen molar-refractivity contribution in [3.8, 4) is 17.0 Å². The number of fused-ring (bicyclic) bond motifs is 1. The van der Waals surface area contributed by atoms with E-state index in [1.165, 1.54) is 30.6 Å². The van der Waals surface area contributed by atoms with Gasteiger partial charge in [-0.15, -0.1) is 16.4 Å². The van der Waals surface area contributed by atoms with Gasteiger partial charge >= 0.3 is 0 Å². The minimum Gasteiger partial charge on any atom is -0.494 e. The molecule has 0 atom stereocenters. The first kappa shape index (κ1) is 18.9. The maximum Gasteiger partial charge on any atom is 0.252 e. The summed E-state index contributed by atoms with van der Waals surface area (Å²) in [5, 5.41) is 9.21. The summed E-state index contributed by atoms with van der Waals surface area (Å²) < 4.78 is 20.4. The van der Waals surface area contributed by atoms with E-state index in [2.05, 4.69) is 25.4 Å². The zero-order chi connectivity index (χ0) is 20.5. The van der Waals surface area contributed by atoms with E-state index >= 15 is 0 Å². The maximum atomic E-state index is 13.9. The fourth-order valence-corrected chi connectivity index (χ4v) is 3.61. The molecular formula is C19H17FN6O2S. The number of anilines is 1. The number of ether oxygens (including phenoxy) is 1. The molecule has 0 aliphatic carbocycles. The van der Waals surface area contributed by atoms with Crippen molar-refractivity contribution < 1.29 is 13.9 Å². The number of nitrogens with one attached hydrogen (secondary N) is 1. The number of rotatable bonds is 5. The summed E-state index contributed by atoms with van der Waals surface area (Å²) >= 11 is 1.25. The Morgan fingerprint density at radius 3 is 2.83 bits per heavy atom. The predicted molar refractivity (Wildman–Crippen MR) is 107 cm³/mol. The van der Waals surface area contributed by atoms with Gasteiger partial charge in [-0.05, 0) is 38.1 Å². The standard InChI is InChI=1S/C19H17FN6O2S/c1-10-6-11(2)26-18(21-10)23-16(25-26)8-17(27)24-19-22-14(9-29-19)12-4-5-15(28-3)13(20)7-12/h4-7,9H,8H2,1-3H3,(H,22,24,27). The van der Waals surface area contributed by atoms with Gasteiger partial charge in [-0.3, -0.25) is 4.79 Å². The number of aromatic nitrogens is 5. The second-order valence-electron chi connectivity index (χ2n) is 6.39. The summed E-state index contributed by atoms with van der Waals surface area (Å²) in [7, 11) is 1.41. The number of carbonyl (C=O) groups excluding carboxylic acids is 1. The van der Waals surface area contributed by atoms with Crippen molar-refractivity contribution in [1.29, 1.82) is 0 Å². The first-order valence-electron chi connectivity index (χ1n) is 8.72. The Balaban J connectivity index is 1.47. The van der Waals surface area contributed by atoms with Crippen LogP contribution in [0.3, 0.4) is 0 Å². The Labute approximate surface area is 169 Å². The Bertz CT molecular complexity index is 1220. The average molecular weight is 412 g/mol. The zero-order valence-corrected chi connectivity index (χ0v) is 16.7. The molecule has 0 aliphatic rings. The van der Waals surface area contributed by atoms with Gasteiger partial charge in [-0.2, -0.15) is 4.98 Å². The molecule has 0 aliphatic heterocycles. The summed E-state index contributed by atoms with van der Waals surface area (Å²) in [6, 6.07) is 6.48. The first-order chi connectivity index (χ1) is 13.9. The van der Waals surface area contributed by atoms with Crippen LogP contribution in [0.15, 0.2) is 29.6 Å². The van der Waals surface area contributed by atoms with Gasteiger partial charge in [-0.1, -0.05) is 0 Å². The summed E-state index contributed by atoms with van der Waals surface area (Å²) in [6.45, 7) is 3.78. The van der Waals surface area contributed by atoms with Gasteiger partial charge in [0.2, 0.25) is 5.91 Å². The van der Waals surface area contributed by atoms with Crippen LogP contribution in [-0.2, 0) is 11.2 Å². The number of methoxy groups -OCH3 is 1. The van der Waals surface area contributed by atoms with Gasteiger partial charge in [0.15, 0.2) is 22.5 Å². The molecular weight excluding hydrogens is 395 g/mol. The Kier molecular flexibility index (Phi) is 4.93. The predicted octanol–water partition coefficient (Wildman–Crippen LogP) is 3.19. The number of hydrogen-bond acceptors (Lipinski definition) is 7. The van der Waals surface area contributed by atoms with Crippen LogP contribution < -0.4 is 10.1 Å². The Morgan fingerprint density at radius 2 is 2.07 bits per heavy atom. The van der Waals surface area contributed by atoms with Crippen molar-refractivity contribution in [1.82, 2.24) is 24.6 Å². The smallest absolute Gasteiger partial charge is 0.252 e. The van der Waals surface area contributed by atoms with Gasteiger partial charge in [0.1, 0.15) is 0 Å². The molecule has 1 amide bonds. The topological polar surface area (TPSA) is 94.3 Å². The minimum absolute atomic E-state index is 0.00603. The number of benzene rings is 1. The molecule has 3 heterocycles. The van der Waals surface area contributed by atoms with E-state index in [1.54, 1.807) is 16.0 Å². The van der Waals surface area contributed by atoms with Crippen LogP contribution in [0.2, 0.25) is 0 Å². The molecule has 0 saturated carbocycles. The fraction of sp³-hybridized carbons (Fsp3) is 0.211. The first-order valence-corrected chi connectivity index (χ1v) is 9.60. The van der Waals surface area contributed by atoms with Crippen molar-refractivity contribution in [2.24, 2.45) is 0 Å². The molecule has 0 bridgehead atoms. The molecule has 0 unspecified atom stereocenters. The van der Waals surface area contributed by atoms with Crippen LogP contribution in [0.25, 0.3) is 17.0 Å². The van der Waals surface area contributed by atoms with Crippen molar-refractivity contribution in [3.05, 3.63) is 52.7 Å². The second-order valence-corrected chi connectivity index (χ2v) is 7.25. The minimum atomic E-state index is -0.472. The van der Waals surface area contributed by atoms with Crippen LogP contribution in [0.5, 0.6) is 5.75 Å². The number of halogens is 1. The van der Waals surface area contributed by atoms with Crippen LogP contribution in [0.1, 0.15) is 17.2 Å². The monoisotopic (exact) mass is 412 g/mol. The summed E-state index contributed by atoms with van der Waals surface area (Å²) in [4.78, 5) is 25.3. The van der Waals surface area contributed by atoms with E-state index in [0.29, 0.717) is 28.0 Å². The van der Waals surface area contributed by atoms with Crippen LogP contribution in [0.4, 0.5) is 9.52 Å². The lowest BCUT2D eigenvalue weighted by Gasteiger charge is -2.03. The number of nitrogens with zero attached hydrogens (tertiary/aromatic N) is 5. The maximum absolute atomic E-state index is 13.9. The molecule has 0 spiro atoms. The number of aryl methyl sites for hydroxylation is 2. The van der Waals surface area contributed by atoms with E-state index in [0.717, 1.165) is 11.4 Å². The summed E-state index contributed by atoms with van der Waals surface area (Å²) in [6.07, 6.45) is -0.00603. The largest absolute Gasteiger partial charge is 0.494 e. The van der Waals surface area contributed by atoms with Gasteiger partial charge in [0.05, 0.1) is 19.2 Å². The fourth-order valence-electron chi connectivity index (χ4n) is 2.88. The highest BCUT2D eigenvalue weighted by molar-refractivity contribution is 7.14. The molecule has 3 aromatic heterocycles. The van der Waals surface area contributed by atoms with Crippen LogP contribution in [0, 0.1) is 19.7 Å². The number of amides is 1. The van der Waals surface area contributed by atoms with Gasteiger partial charge in [0, 0.05) is 22.3 Å². The molecule has 4 rings (SSSR count). The van der Waals surface area contributed by atoms with Gasteiger partial charge < -0.3 is 10.1 Å². The van der Waals surface area contributed by atoms with Crippen molar-refractivity contribution >= 4 is 28.2 Å². The SMILES string of the molecule is COc1ccc(-c2csc(NC(=O)Cc3nc4nc(C)cc(C)n4n3)n2)cc1F. The van der Waals surface area contributed by atoms with E-state index in [4.69, 9.17) is 4.74 Å². The molecule has 4 aromatic rings. The molecule has 8 nitrogen and oxygen atoms in total. The Morgan fingerprint density at radius 1 is 1.24 bits per heavy atom. The number of carbonyl (C=O) groups is 1. The molecule has 29 heavy (non-hydrogen) atoms. The van der Waals surface area contributed by atoms with E-state index < -0.39 is 5.82 Å². The second kappa shape index (κ2) is 7.55. The molecule has 0 saturated heterocycles. The lowest BCUT2D eigenvalue weighted by molar-refractivity contribution is -0.115. The van der Waals surface area contributed by atoms with Crippen molar-refractivity contribution in [2.45, 2.75) is 20.3 Å². The van der Waals surface area contributed by atoms with Crippen molar-refractivity contribution in [2.75, 3.05) is 12.4 Å². The molecule has 0 radical (unpaired) electrons. The van der Waals surface area contributed by atoms with Gasteiger partial charge in [0.25, 0.3) is 5.78 Å². The highest BCUT2D eigenvalue weighted by Gasteiger charge is 2.14. The lowest BCUT2D eigenvalue weighted by Crippen LogP contribution is -2.15. The lowest BCUT2D eigenvalue weighted by atomic mass is 10.1. The number of hydrogen-bond donors (Lipinski definition) is 1. The molecule has 10 heteroatoms. The quantitative estimate of drug-likeness (QED) is 0.541. The third kappa shape index (κ3) is 3.92. The third-order valence-corrected chi connectivity index (χ3v) is 4.94. The van der Waals surface area contributed by atoms with Crippen LogP contribution >= 0.6 is 11.3 Å². The molecule has 148 valence electrons. The Hall–Kier alpha value is -3.40. The number of thiazole rings is 1. The zero-order valence-electron chi connectivity index (χ0n) is 15.9. The van der Waals surface area contributed by atoms with E-state index in [-0.39, 0.29) is 18.1 Å². The summed E-state index contributed by atoms with van der Waals surface area (Å²) in [5.41, 5.74) is 2.89. The van der Waals surface area contributed by atoms with E-state index in [9.17, 15) is 9.18 Å². The third-order valence-electron chi connectivity index (χ3n) is 4.18. The van der Waals surface area contributed by atoms with Gasteiger partial charge in [-0.25, -0.2) is 18.9 Å². The van der Waals surface area contributed by atoms with E-state index in [1.807, 2.05) is 19.9 Å². The highest BCUT2D eigenvalue weighted by Crippen LogP contribution is 2.28. The molecule has 1 aromatic carbocycles. The molecule has 0 fully saturated rings. The average Bonchev–Trinajstić information content (AvgIpc) is 3.28. The van der Waals surface area contributed by atoms with Crippen LogP contribution in [-0.4, -0.2) is 37.6 Å². The summed E-state index contributed by atoms with van der Waals surface area (Å²) in [5.74, 6) is 0.233. The van der Waals surface area contributed by atoms with Crippen molar-refractivity contribution in [3.63, 3.8) is 0 Å². The highest BCUT2D eigenvalue weighted by atomic mass is 32.1.